The maximum atomic E-state index is 13.3. The Hall–Kier alpha value is -1.60. The van der Waals surface area contributed by atoms with E-state index in [0.29, 0.717) is 27.6 Å². The number of hydrogen-bond donors (Lipinski definition) is 1. The van der Waals surface area contributed by atoms with E-state index in [-0.39, 0.29) is 5.82 Å². The first-order valence-electron chi connectivity index (χ1n) is 6.76. The third kappa shape index (κ3) is 3.10. The molecule has 22 heavy (non-hydrogen) atoms. The molecular formula is C15H16FN3OS2. The van der Waals surface area contributed by atoms with Crippen molar-refractivity contribution in [1.29, 1.82) is 0 Å². The Morgan fingerprint density at radius 2 is 2.36 bits per heavy atom. The van der Waals surface area contributed by atoms with Crippen LogP contribution in [0.4, 0.5) is 9.39 Å². The summed E-state index contributed by atoms with van der Waals surface area (Å²) in [5.74, 6) is 0.597. The fraction of sp³-hybridized carbons (Fsp3) is 0.333. The Kier molecular flexibility index (Phi) is 4.35. The first-order chi connectivity index (χ1) is 10.6. The third-order valence-electron chi connectivity index (χ3n) is 3.50. The minimum Gasteiger partial charge on any atom is -0.479 e. The van der Waals surface area contributed by atoms with Crippen molar-refractivity contribution in [3.8, 4) is 16.5 Å². The summed E-state index contributed by atoms with van der Waals surface area (Å²) in [4.78, 5) is 8.25. The van der Waals surface area contributed by atoms with Crippen LogP contribution in [0.15, 0.2) is 30.7 Å². The van der Waals surface area contributed by atoms with Gasteiger partial charge in [-0.05, 0) is 18.7 Å². The zero-order chi connectivity index (χ0) is 15.7. The number of pyridine rings is 1. The maximum Gasteiger partial charge on any atom is 0.249 e. The molecule has 2 heterocycles. The number of aromatic nitrogens is 2. The third-order valence-corrected chi connectivity index (χ3v) is 5.63. The van der Waals surface area contributed by atoms with E-state index in [1.807, 2.05) is 11.8 Å². The maximum absolute atomic E-state index is 13.3. The van der Waals surface area contributed by atoms with Gasteiger partial charge in [-0.15, -0.1) is 0 Å². The average Bonchev–Trinajstić information content (AvgIpc) is 3.20. The number of thiazole rings is 1. The molecule has 7 heteroatoms. The molecule has 0 aromatic carbocycles. The molecule has 0 amide bonds. The lowest BCUT2D eigenvalue weighted by atomic mass is 10.3. The zero-order valence-corrected chi connectivity index (χ0v) is 13.9. The molecule has 1 aliphatic rings. The summed E-state index contributed by atoms with van der Waals surface area (Å²) < 4.78 is 18.6. The molecule has 0 radical (unpaired) electrons. The summed E-state index contributed by atoms with van der Waals surface area (Å²) >= 11 is 3.26. The van der Waals surface area contributed by atoms with Crippen LogP contribution in [0.3, 0.4) is 0 Å². The highest BCUT2D eigenvalue weighted by molar-refractivity contribution is 7.99. The summed E-state index contributed by atoms with van der Waals surface area (Å²) in [6.07, 6.45) is 6.02. The number of nitrogens with zero attached hydrogens (tertiary/aromatic N) is 2. The largest absolute Gasteiger partial charge is 0.479 e. The van der Waals surface area contributed by atoms with E-state index in [1.165, 1.54) is 23.6 Å². The van der Waals surface area contributed by atoms with Crippen LogP contribution < -0.4 is 10.1 Å². The van der Waals surface area contributed by atoms with Crippen LogP contribution in [-0.4, -0.2) is 28.6 Å². The number of methoxy groups -OCH3 is 1. The molecule has 2 aromatic heterocycles. The van der Waals surface area contributed by atoms with E-state index in [4.69, 9.17) is 4.74 Å². The van der Waals surface area contributed by atoms with Gasteiger partial charge in [0.25, 0.3) is 0 Å². The van der Waals surface area contributed by atoms with Crippen molar-refractivity contribution in [2.45, 2.75) is 11.7 Å². The van der Waals surface area contributed by atoms with Gasteiger partial charge in [0.1, 0.15) is 10.8 Å². The SMILES string of the molecule is C=C(Nc1sc(-c2cncc(F)c2)nc1OC)C1C[C@@H]1SC. The van der Waals surface area contributed by atoms with Gasteiger partial charge in [0.2, 0.25) is 5.88 Å². The van der Waals surface area contributed by atoms with Crippen LogP contribution in [-0.2, 0) is 0 Å². The van der Waals surface area contributed by atoms with Gasteiger partial charge in [0.15, 0.2) is 5.00 Å². The fourth-order valence-corrected chi connectivity index (χ4v) is 4.06. The van der Waals surface area contributed by atoms with E-state index in [2.05, 4.69) is 28.1 Å². The van der Waals surface area contributed by atoms with Crippen LogP contribution in [0.2, 0.25) is 0 Å². The van der Waals surface area contributed by atoms with Crippen molar-refractivity contribution in [3.05, 3.63) is 36.6 Å². The van der Waals surface area contributed by atoms with Gasteiger partial charge in [-0.3, -0.25) is 4.98 Å². The van der Waals surface area contributed by atoms with Crippen molar-refractivity contribution in [2.24, 2.45) is 5.92 Å². The van der Waals surface area contributed by atoms with E-state index in [9.17, 15) is 4.39 Å². The molecule has 1 aliphatic carbocycles. The average molecular weight is 337 g/mol. The quantitative estimate of drug-likeness (QED) is 0.862. The molecule has 1 fully saturated rings. The fourth-order valence-electron chi connectivity index (χ4n) is 2.21. The number of thioether (sulfide) groups is 1. The number of ether oxygens (including phenoxy) is 1. The number of nitrogens with one attached hydrogen (secondary N) is 1. The van der Waals surface area contributed by atoms with Gasteiger partial charge < -0.3 is 10.1 Å². The molecule has 1 N–H and O–H groups in total. The minimum absolute atomic E-state index is 0.383. The second-order valence-corrected chi connectivity index (χ2v) is 7.09. The number of allylic oxidation sites excluding steroid dienone is 1. The summed E-state index contributed by atoms with van der Waals surface area (Å²) in [6.45, 7) is 4.11. The standard InChI is InChI=1S/C15H16FN3OS2/c1-8(11-5-12(11)21-3)18-15-13(20-2)19-14(22-15)9-4-10(16)7-17-6-9/h4,6-7,11-12,18H,1,5H2,2-3H3/t11?,12-/m0/s1. The predicted molar refractivity (Wildman–Crippen MR) is 90.0 cm³/mol. The smallest absolute Gasteiger partial charge is 0.249 e. The molecule has 3 rings (SSSR count). The molecule has 1 unspecified atom stereocenters. The Morgan fingerprint density at radius 3 is 3.00 bits per heavy atom. The molecule has 4 nitrogen and oxygen atoms in total. The van der Waals surface area contributed by atoms with Crippen LogP contribution >= 0.6 is 23.1 Å². The second-order valence-electron chi connectivity index (χ2n) is 5.02. The lowest BCUT2D eigenvalue weighted by Gasteiger charge is -2.07. The summed E-state index contributed by atoms with van der Waals surface area (Å²) in [5, 5.41) is 5.40. The van der Waals surface area contributed by atoms with Gasteiger partial charge in [0.05, 0.1) is 13.3 Å². The van der Waals surface area contributed by atoms with Gasteiger partial charge in [-0.2, -0.15) is 16.7 Å². The van der Waals surface area contributed by atoms with Gasteiger partial charge in [-0.1, -0.05) is 17.9 Å². The lowest BCUT2D eigenvalue weighted by molar-refractivity contribution is 0.403. The van der Waals surface area contributed by atoms with Crippen molar-refractivity contribution < 1.29 is 9.13 Å². The molecule has 0 aliphatic heterocycles. The predicted octanol–water partition coefficient (Wildman–Crippen LogP) is 4.03. The summed E-state index contributed by atoms with van der Waals surface area (Å²) in [5.41, 5.74) is 1.61. The Morgan fingerprint density at radius 1 is 1.55 bits per heavy atom. The van der Waals surface area contributed by atoms with E-state index in [0.717, 1.165) is 17.1 Å². The molecule has 2 atom stereocenters. The Labute approximate surface area is 136 Å². The zero-order valence-electron chi connectivity index (χ0n) is 12.3. The molecule has 0 bridgehead atoms. The normalized spacial score (nSPS) is 19.8. The number of anilines is 1. The van der Waals surface area contributed by atoms with Crippen LogP contribution in [0, 0.1) is 11.7 Å². The first-order valence-corrected chi connectivity index (χ1v) is 8.87. The highest BCUT2D eigenvalue weighted by Crippen LogP contribution is 2.46. The van der Waals surface area contributed by atoms with E-state index >= 15 is 0 Å². The summed E-state index contributed by atoms with van der Waals surface area (Å²) in [7, 11) is 1.57. The van der Waals surface area contributed by atoms with Crippen LogP contribution in [0.5, 0.6) is 5.88 Å². The molecular weight excluding hydrogens is 321 g/mol. The molecule has 2 aromatic rings. The van der Waals surface area contributed by atoms with Crippen LogP contribution in [0.1, 0.15) is 6.42 Å². The first kappa shape index (κ1) is 15.3. The topological polar surface area (TPSA) is 47.0 Å². The second kappa shape index (κ2) is 6.26. The number of hydrogen-bond acceptors (Lipinski definition) is 6. The van der Waals surface area contributed by atoms with E-state index in [1.54, 1.807) is 13.3 Å². The van der Waals surface area contributed by atoms with Crippen molar-refractivity contribution in [2.75, 3.05) is 18.7 Å². The Bertz CT molecular complexity index is 704. The highest BCUT2D eigenvalue weighted by Gasteiger charge is 2.39. The molecule has 1 saturated carbocycles. The van der Waals surface area contributed by atoms with Crippen LogP contribution in [0.25, 0.3) is 10.6 Å². The minimum atomic E-state index is -0.383. The van der Waals surface area contributed by atoms with E-state index < -0.39 is 0 Å². The molecule has 116 valence electrons. The number of halogens is 1. The summed E-state index contributed by atoms with van der Waals surface area (Å²) in [6, 6.07) is 1.41. The molecule has 0 saturated heterocycles. The van der Waals surface area contributed by atoms with Crippen molar-refractivity contribution in [3.63, 3.8) is 0 Å². The van der Waals surface area contributed by atoms with Crippen molar-refractivity contribution in [1.82, 2.24) is 9.97 Å². The Balaban J connectivity index is 1.81. The van der Waals surface area contributed by atoms with Gasteiger partial charge in [0, 0.05) is 28.6 Å². The lowest BCUT2D eigenvalue weighted by Crippen LogP contribution is -2.01. The monoisotopic (exact) mass is 337 g/mol. The highest BCUT2D eigenvalue weighted by atomic mass is 32.2. The number of rotatable bonds is 6. The van der Waals surface area contributed by atoms with Gasteiger partial charge in [-0.25, -0.2) is 4.39 Å². The van der Waals surface area contributed by atoms with Gasteiger partial charge >= 0.3 is 0 Å². The van der Waals surface area contributed by atoms with Crippen molar-refractivity contribution >= 4 is 28.1 Å². The molecule has 0 spiro atoms.